The lowest BCUT2D eigenvalue weighted by atomic mass is 10.0. The highest BCUT2D eigenvalue weighted by Gasteiger charge is 2.29. The van der Waals surface area contributed by atoms with Crippen molar-refractivity contribution in [3.8, 4) is 17.3 Å². The normalized spacial score (nSPS) is 14.8. The number of carbonyl (C=O) groups excluding carboxylic acids is 1. The van der Waals surface area contributed by atoms with E-state index >= 15 is 0 Å². The van der Waals surface area contributed by atoms with Crippen LogP contribution in [-0.4, -0.2) is 21.7 Å². The third-order valence-corrected chi connectivity index (χ3v) is 4.79. The van der Waals surface area contributed by atoms with Gasteiger partial charge in [-0.1, -0.05) is 26.0 Å². The maximum atomic E-state index is 12.8. The summed E-state index contributed by atoms with van der Waals surface area (Å²) in [6, 6.07) is 10.00. The predicted octanol–water partition coefficient (Wildman–Crippen LogP) is 3.85. The van der Waals surface area contributed by atoms with Gasteiger partial charge in [-0.3, -0.25) is 9.48 Å². The molecule has 1 aromatic carbocycles. The quantitative estimate of drug-likeness (QED) is 0.871. The SMILES string of the molecule is CCc1c(-c2ccc(C#N)cc2)nn(C(C)CC)c1C(=O)NC1CC1. The molecule has 25 heavy (non-hydrogen) atoms. The standard InChI is InChI=1S/C20H24N4O/c1-4-13(3)24-19(20(25)22-16-10-11-16)17(5-2)18(23-24)15-8-6-14(12-21)7-9-15/h6-9,13,16H,4-5,10-11H2,1-3H3,(H,22,25). The number of nitrogens with zero attached hydrogens (tertiary/aromatic N) is 3. The third-order valence-electron chi connectivity index (χ3n) is 4.79. The van der Waals surface area contributed by atoms with Crippen LogP contribution in [0.3, 0.4) is 0 Å². The first-order valence-electron chi connectivity index (χ1n) is 9.01. The van der Waals surface area contributed by atoms with Crippen LogP contribution in [0.15, 0.2) is 24.3 Å². The van der Waals surface area contributed by atoms with E-state index in [1.807, 2.05) is 16.8 Å². The monoisotopic (exact) mass is 336 g/mol. The van der Waals surface area contributed by atoms with Gasteiger partial charge < -0.3 is 5.32 Å². The Hall–Kier alpha value is -2.61. The Balaban J connectivity index is 2.09. The number of nitriles is 1. The van der Waals surface area contributed by atoms with E-state index in [1.54, 1.807) is 12.1 Å². The maximum absolute atomic E-state index is 12.8. The summed E-state index contributed by atoms with van der Waals surface area (Å²) in [7, 11) is 0. The van der Waals surface area contributed by atoms with Gasteiger partial charge in [-0.15, -0.1) is 0 Å². The molecule has 130 valence electrons. The van der Waals surface area contributed by atoms with Crippen molar-refractivity contribution in [1.82, 2.24) is 15.1 Å². The van der Waals surface area contributed by atoms with E-state index in [9.17, 15) is 4.79 Å². The zero-order chi connectivity index (χ0) is 18.0. The molecule has 1 fully saturated rings. The molecule has 0 aliphatic heterocycles. The van der Waals surface area contributed by atoms with Gasteiger partial charge in [-0.2, -0.15) is 10.4 Å². The van der Waals surface area contributed by atoms with Crippen LogP contribution >= 0.6 is 0 Å². The summed E-state index contributed by atoms with van der Waals surface area (Å²) in [5.74, 6) is -0.0213. The van der Waals surface area contributed by atoms with Crippen molar-refractivity contribution in [3.63, 3.8) is 0 Å². The zero-order valence-electron chi connectivity index (χ0n) is 15.0. The van der Waals surface area contributed by atoms with Gasteiger partial charge >= 0.3 is 0 Å². The summed E-state index contributed by atoms with van der Waals surface area (Å²) in [6.07, 6.45) is 3.76. The van der Waals surface area contributed by atoms with Gasteiger partial charge in [0.05, 0.1) is 17.3 Å². The van der Waals surface area contributed by atoms with Crippen LogP contribution in [0.5, 0.6) is 0 Å². The van der Waals surface area contributed by atoms with Crippen LogP contribution < -0.4 is 5.32 Å². The topological polar surface area (TPSA) is 70.7 Å². The highest BCUT2D eigenvalue weighted by atomic mass is 16.2. The fraction of sp³-hybridized carbons (Fsp3) is 0.450. The zero-order valence-corrected chi connectivity index (χ0v) is 15.0. The van der Waals surface area contributed by atoms with Crippen molar-refractivity contribution in [2.45, 2.75) is 58.5 Å². The molecule has 5 nitrogen and oxygen atoms in total. The second-order valence-corrected chi connectivity index (χ2v) is 6.67. The van der Waals surface area contributed by atoms with Crippen molar-refractivity contribution in [1.29, 1.82) is 5.26 Å². The van der Waals surface area contributed by atoms with E-state index in [2.05, 4.69) is 32.2 Å². The van der Waals surface area contributed by atoms with Gasteiger partial charge in [0.2, 0.25) is 0 Å². The Kier molecular flexibility index (Phi) is 4.89. The highest BCUT2D eigenvalue weighted by Crippen LogP contribution is 2.30. The van der Waals surface area contributed by atoms with Gasteiger partial charge in [0.1, 0.15) is 5.69 Å². The number of benzene rings is 1. The molecule has 1 unspecified atom stereocenters. The van der Waals surface area contributed by atoms with Gasteiger partial charge in [0.15, 0.2) is 0 Å². The van der Waals surface area contributed by atoms with E-state index in [0.29, 0.717) is 17.3 Å². The summed E-state index contributed by atoms with van der Waals surface area (Å²) in [6.45, 7) is 6.24. The Morgan fingerprint density at radius 1 is 1.36 bits per heavy atom. The molecule has 1 heterocycles. The molecule has 1 atom stereocenters. The first-order valence-corrected chi connectivity index (χ1v) is 9.01. The number of hydrogen-bond donors (Lipinski definition) is 1. The fourth-order valence-corrected chi connectivity index (χ4v) is 2.95. The average molecular weight is 336 g/mol. The Morgan fingerprint density at radius 3 is 2.56 bits per heavy atom. The van der Waals surface area contributed by atoms with Gasteiger partial charge in [0, 0.05) is 23.2 Å². The molecule has 0 saturated heterocycles. The van der Waals surface area contributed by atoms with Crippen LogP contribution in [0.2, 0.25) is 0 Å². The lowest BCUT2D eigenvalue weighted by molar-refractivity contribution is 0.0936. The minimum absolute atomic E-state index is 0.0213. The minimum Gasteiger partial charge on any atom is -0.348 e. The summed E-state index contributed by atoms with van der Waals surface area (Å²) in [5, 5.41) is 16.9. The molecule has 1 amide bonds. The number of carbonyl (C=O) groups is 1. The molecule has 0 radical (unpaired) electrons. The van der Waals surface area contributed by atoms with E-state index < -0.39 is 0 Å². The molecule has 1 aromatic heterocycles. The van der Waals surface area contributed by atoms with Crippen molar-refractivity contribution in [2.75, 3.05) is 0 Å². The van der Waals surface area contributed by atoms with E-state index in [1.165, 1.54) is 0 Å². The van der Waals surface area contributed by atoms with E-state index in [-0.39, 0.29) is 11.9 Å². The molecule has 2 aromatic rings. The number of rotatable bonds is 6. The summed E-state index contributed by atoms with van der Waals surface area (Å²) >= 11 is 0. The van der Waals surface area contributed by atoms with Crippen molar-refractivity contribution < 1.29 is 4.79 Å². The van der Waals surface area contributed by atoms with Crippen LogP contribution in [0, 0.1) is 11.3 Å². The van der Waals surface area contributed by atoms with E-state index in [0.717, 1.165) is 42.5 Å². The summed E-state index contributed by atoms with van der Waals surface area (Å²) in [4.78, 5) is 12.8. The van der Waals surface area contributed by atoms with E-state index in [4.69, 9.17) is 10.4 Å². The van der Waals surface area contributed by atoms with Gasteiger partial charge in [0.25, 0.3) is 5.91 Å². The van der Waals surface area contributed by atoms with Crippen molar-refractivity contribution >= 4 is 5.91 Å². The third kappa shape index (κ3) is 3.43. The van der Waals surface area contributed by atoms with Crippen LogP contribution in [0.25, 0.3) is 11.3 Å². The van der Waals surface area contributed by atoms with Gasteiger partial charge in [-0.25, -0.2) is 0 Å². The highest BCUT2D eigenvalue weighted by molar-refractivity contribution is 5.96. The number of amides is 1. The first kappa shape index (κ1) is 17.2. The Bertz CT molecular complexity index is 809. The lowest BCUT2D eigenvalue weighted by Crippen LogP contribution is -2.29. The van der Waals surface area contributed by atoms with Crippen molar-refractivity contribution in [2.24, 2.45) is 0 Å². The second kappa shape index (κ2) is 7.10. The Morgan fingerprint density at radius 2 is 2.04 bits per heavy atom. The largest absolute Gasteiger partial charge is 0.348 e. The maximum Gasteiger partial charge on any atom is 0.270 e. The molecule has 1 N–H and O–H groups in total. The Labute approximate surface area is 148 Å². The second-order valence-electron chi connectivity index (χ2n) is 6.67. The fourth-order valence-electron chi connectivity index (χ4n) is 2.95. The smallest absolute Gasteiger partial charge is 0.270 e. The minimum atomic E-state index is -0.0213. The van der Waals surface area contributed by atoms with Crippen LogP contribution in [0.1, 0.15) is 67.7 Å². The van der Waals surface area contributed by atoms with Gasteiger partial charge in [-0.05, 0) is 44.7 Å². The van der Waals surface area contributed by atoms with Crippen LogP contribution in [-0.2, 0) is 6.42 Å². The molecular weight excluding hydrogens is 312 g/mol. The molecular formula is C20H24N4O. The molecule has 0 spiro atoms. The number of aromatic nitrogens is 2. The molecule has 1 aliphatic carbocycles. The number of hydrogen-bond acceptors (Lipinski definition) is 3. The molecule has 3 rings (SSSR count). The van der Waals surface area contributed by atoms with Crippen molar-refractivity contribution in [3.05, 3.63) is 41.1 Å². The lowest BCUT2D eigenvalue weighted by Gasteiger charge is -2.14. The molecule has 5 heteroatoms. The van der Waals surface area contributed by atoms with Crippen LogP contribution in [0.4, 0.5) is 0 Å². The summed E-state index contributed by atoms with van der Waals surface area (Å²) < 4.78 is 1.88. The molecule has 1 aliphatic rings. The summed E-state index contributed by atoms with van der Waals surface area (Å²) in [5.41, 5.74) is 4.06. The average Bonchev–Trinajstić information content (AvgIpc) is 3.37. The predicted molar refractivity (Wildman–Crippen MR) is 97.2 cm³/mol. The molecule has 0 bridgehead atoms. The first-order chi connectivity index (χ1) is 12.1. The number of nitrogens with one attached hydrogen (secondary N) is 1. The molecule has 1 saturated carbocycles.